The minimum Gasteiger partial charge on any atom is -0.330 e. The van der Waals surface area contributed by atoms with Crippen molar-refractivity contribution < 1.29 is 0 Å². The number of fused-ring (bicyclic) bond motifs is 1. The van der Waals surface area contributed by atoms with E-state index < -0.39 is 0 Å². The van der Waals surface area contributed by atoms with Gasteiger partial charge in [-0.3, -0.25) is 4.90 Å². The first-order valence-corrected chi connectivity index (χ1v) is 8.59. The summed E-state index contributed by atoms with van der Waals surface area (Å²) < 4.78 is 1.29. The predicted octanol–water partition coefficient (Wildman–Crippen LogP) is 4.26. The fraction of sp³-hybridized carbons (Fsp3) is 0.500. The average Bonchev–Trinajstić information content (AvgIpc) is 2.79. The molecule has 1 atom stereocenters. The number of rotatable bonds is 4. The molecule has 0 bridgehead atoms. The third-order valence-electron chi connectivity index (χ3n) is 4.20. The lowest BCUT2D eigenvalue weighted by atomic mass is 9.99. The van der Waals surface area contributed by atoms with Gasteiger partial charge in [0.2, 0.25) is 0 Å². The van der Waals surface area contributed by atoms with Crippen LogP contribution in [0.15, 0.2) is 24.3 Å². The SMILES string of the molecule is NCCC1CCCCN1Cc1sc2ccccc2c1Cl. The van der Waals surface area contributed by atoms with Crippen molar-refractivity contribution in [3.63, 3.8) is 0 Å². The average molecular weight is 309 g/mol. The first-order valence-electron chi connectivity index (χ1n) is 7.39. The van der Waals surface area contributed by atoms with Gasteiger partial charge in [-0.1, -0.05) is 36.2 Å². The van der Waals surface area contributed by atoms with Crippen molar-refractivity contribution in [2.45, 2.75) is 38.3 Å². The zero-order valence-corrected chi connectivity index (χ0v) is 13.2. The number of thiophene rings is 1. The Balaban J connectivity index is 1.82. The van der Waals surface area contributed by atoms with E-state index in [0.29, 0.717) is 6.04 Å². The molecule has 20 heavy (non-hydrogen) atoms. The van der Waals surface area contributed by atoms with Crippen LogP contribution in [-0.2, 0) is 6.54 Å². The lowest BCUT2D eigenvalue weighted by Crippen LogP contribution is -2.39. The maximum atomic E-state index is 6.56. The van der Waals surface area contributed by atoms with Crippen LogP contribution in [0.3, 0.4) is 0 Å². The number of benzene rings is 1. The summed E-state index contributed by atoms with van der Waals surface area (Å²) >= 11 is 8.39. The Morgan fingerprint density at radius 1 is 1.30 bits per heavy atom. The van der Waals surface area contributed by atoms with Crippen LogP contribution in [-0.4, -0.2) is 24.0 Å². The van der Waals surface area contributed by atoms with Gasteiger partial charge in [0.1, 0.15) is 0 Å². The van der Waals surface area contributed by atoms with Crippen LogP contribution in [0.5, 0.6) is 0 Å². The number of hydrogen-bond donors (Lipinski definition) is 1. The molecule has 1 aliphatic heterocycles. The standard InChI is InChI=1S/C16H21ClN2S/c17-16-13-6-1-2-7-14(13)20-15(16)11-19-10-4-3-5-12(19)8-9-18/h1-2,6-7,12H,3-5,8-11,18H2. The topological polar surface area (TPSA) is 29.3 Å². The smallest absolute Gasteiger partial charge is 0.0637 e. The summed E-state index contributed by atoms with van der Waals surface area (Å²) in [6.07, 6.45) is 5.01. The highest BCUT2D eigenvalue weighted by molar-refractivity contribution is 7.19. The zero-order valence-electron chi connectivity index (χ0n) is 11.6. The van der Waals surface area contributed by atoms with Gasteiger partial charge in [-0.05, 0) is 38.4 Å². The Labute approximate surface area is 129 Å². The summed E-state index contributed by atoms with van der Waals surface area (Å²) in [6.45, 7) is 2.93. The fourth-order valence-electron chi connectivity index (χ4n) is 3.14. The summed E-state index contributed by atoms with van der Waals surface area (Å²) in [4.78, 5) is 3.88. The lowest BCUT2D eigenvalue weighted by Gasteiger charge is -2.35. The molecular formula is C16H21ClN2S. The maximum Gasteiger partial charge on any atom is 0.0637 e. The molecule has 1 aromatic carbocycles. The maximum absolute atomic E-state index is 6.56. The van der Waals surface area contributed by atoms with Crippen LogP contribution in [0.25, 0.3) is 10.1 Å². The van der Waals surface area contributed by atoms with Crippen molar-refractivity contribution in [2.75, 3.05) is 13.1 Å². The highest BCUT2D eigenvalue weighted by atomic mass is 35.5. The Morgan fingerprint density at radius 3 is 2.95 bits per heavy atom. The summed E-state index contributed by atoms with van der Waals surface area (Å²) in [5.74, 6) is 0. The molecule has 3 rings (SSSR count). The minimum atomic E-state index is 0.634. The minimum absolute atomic E-state index is 0.634. The number of halogens is 1. The molecule has 4 heteroatoms. The van der Waals surface area contributed by atoms with Gasteiger partial charge in [0, 0.05) is 27.5 Å². The van der Waals surface area contributed by atoms with Crippen LogP contribution in [0.4, 0.5) is 0 Å². The number of piperidine rings is 1. The van der Waals surface area contributed by atoms with E-state index in [9.17, 15) is 0 Å². The van der Waals surface area contributed by atoms with Gasteiger partial charge in [-0.25, -0.2) is 0 Å². The van der Waals surface area contributed by atoms with Gasteiger partial charge in [0.05, 0.1) is 5.02 Å². The molecule has 1 saturated heterocycles. The molecule has 0 saturated carbocycles. The largest absolute Gasteiger partial charge is 0.330 e. The second-order valence-corrected chi connectivity index (χ2v) is 7.05. The fourth-order valence-corrected chi connectivity index (χ4v) is 4.66. The Morgan fingerprint density at radius 2 is 2.15 bits per heavy atom. The molecule has 1 unspecified atom stereocenters. The van der Waals surface area contributed by atoms with Crippen LogP contribution in [0.1, 0.15) is 30.6 Å². The summed E-state index contributed by atoms with van der Waals surface area (Å²) in [5.41, 5.74) is 5.76. The summed E-state index contributed by atoms with van der Waals surface area (Å²) in [5, 5.41) is 2.14. The van der Waals surface area contributed by atoms with Gasteiger partial charge in [0.15, 0.2) is 0 Å². The second-order valence-electron chi connectivity index (χ2n) is 5.53. The third-order valence-corrected chi connectivity index (χ3v) is 5.90. The van der Waals surface area contributed by atoms with Crippen molar-refractivity contribution in [2.24, 2.45) is 5.73 Å². The second kappa shape index (κ2) is 6.44. The number of hydrogen-bond acceptors (Lipinski definition) is 3. The van der Waals surface area contributed by atoms with Gasteiger partial charge >= 0.3 is 0 Å². The highest BCUT2D eigenvalue weighted by Gasteiger charge is 2.23. The van der Waals surface area contributed by atoms with E-state index in [1.807, 2.05) is 11.3 Å². The van der Waals surface area contributed by atoms with E-state index in [1.54, 1.807) is 0 Å². The first-order chi connectivity index (χ1) is 9.79. The number of nitrogens with two attached hydrogens (primary N) is 1. The third kappa shape index (κ3) is 2.86. The van der Waals surface area contributed by atoms with E-state index in [0.717, 1.165) is 24.5 Å². The zero-order chi connectivity index (χ0) is 13.9. The molecule has 0 radical (unpaired) electrons. The van der Waals surface area contributed by atoms with Gasteiger partial charge in [-0.2, -0.15) is 0 Å². The molecule has 0 aliphatic carbocycles. The molecule has 0 spiro atoms. The van der Waals surface area contributed by atoms with Crippen LogP contribution < -0.4 is 5.73 Å². The molecule has 1 aromatic heterocycles. The molecule has 2 aromatic rings. The van der Waals surface area contributed by atoms with Crippen molar-refractivity contribution in [3.8, 4) is 0 Å². The van der Waals surface area contributed by atoms with Crippen molar-refractivity contribution in [3.05, 3.63) is 34.2 Å². The number of nitrogens with zero attached hydrogens (tertiary/aromatic N) is 1. The molecule has 1 aliphatic rings. The van der Waals surface area contributed by atoms with E-state index in [4.69, 9.17) is 17.3 Å². The molecular weight excluding hydrogens is 288 g/mol. The highest BCUT2D eigenvalue weighted by Crippen LogP contribution is 2.36. The van der Waals surface area contributed by atoms with E-state index in [2.05, 4.69) is 29.2 Å². The first kappa shape index (κ1) is 14.3. The van der Waals surface area contributed by atoms with Crippen molar-refractivity contribution >= 4 is 33.0 Å². The monoisotopic (exact) mass is 308 g/mol. The Hall–Kier alpha value is -0.610. The quantitative estimate of drug-likeness (QED) is 0.914. The molecule has 1 fully saturated rings. The molecule has 0 amide bonds. The predicted molar refractivity (Wildman–Crippen MR) is 88.6 cm³/mol. The molecule has 2 nitrogen and oxygen atoms in total. The summed E-state index contributed by atoms with van der Waals surface area (Å²) in [7, 11) is 0. The van der Waals surface area contributed by atoms with Crippen molar-refractivity contribution in [1.29, 1.82) is 0 Å². The van der Waals surface area contributed by atoms with Gasteiger partial charge in [0.25, 0.3) is 0 Å². The Bertz CT molecular complexity index is 579. The molecule has 108 valence electrons. The van der Waals surface area contributed by atoms with Crippen LogP contribution in [0.2, 0.25) is 5.02 Å². The molecule has 2 N–H and O–H groups in total. The van der Waals surface area contributed by atoms with Crippen molar-refractivity contribution in [1.82, 2.24) is 4.90 Å². The normalized spacial score (nSPS) is 20.6. The lowest BCUT2D eigenvalue weighted by molar-refractivity contribution is 0.135. The van der Waals surface area contributed by atoms with Crippen LogP contribution >= 0.6 is 22.9 Å². The molecule has 2 heterocycles. The van der Waals surface area contributed by atoms with E-state index in [-0.39, 0.29) is 0 Å². The van der Waals surface area contributed by atoms with Crippen LogP contribution in [0, 0.1) is 0 Å². The van der Waals surface area contributed by atoms with E-state index in [1.165, 1.54) is 40.8 Å². The summed E-state index contributed by atoms with van der Waals surface area (Å²) in [6, 6.07) is 9.05. The van der Waals surface area contributed by atoms with Gasteiger partial charge in [-0.15, -0.1) is 11.3 Å². The van der Waals surface area contributed by atoms with Gasteiger partial charge < -0.3 is 5.73 Å². The number of likely N-dealkylation sites (tertiary alicyclic amines) is 1. The van der Waals surface area contributed by atoms with E-state index >= 15 is 0 Å². The Kier molecular flexibility index (Phi) is 4.61.